The first-order valence-electron chi connectivity index (χ1n) is 6.39. The summed E-state index contributed by atoms with van der Waals surface area (Å²) in [7, 11) is 0. The molecule has 0 bridgehead atoms. The SMILES string of the molecule is Cc1ccccc1-c1cccc(CC(C)(C)N)c1. The van der Waals surface area contributed by atoms with Crippen LogP contribution in [0, 0.1) is 6.92 Å². The second kappa shape index (κ2) is 4.95. The molecule has 0 atom stereocenters. The van der Waals surface area contributed by atoms with Crippen LogP contribution in [0.3, 0.4) is 0 Å². The summed E-state index contributed by atoms with van der Waals surface area (Å²) in [5.41, 5.74) is 11.1. The van der Waals surface area contributed by atoms with Gasteiger partial charge in [0, 0.05) is 5.54 Å². The van der Waals surface area contributed by atoms with Gasteiger partial charge in [0.1, 0.15) is 0 Å². The molecule has 1 nitrogen and oxygen atoms in total. The highest BCUT2D eigenvalue weighted by molar-refractivity contribution is 5.67. The van der Waals surface area contributed by atoms with Crippen LogP contribution in [0.2, 0.25) is 0 Å². The maximum absolute atomic E-state index is 6.09. The van der Waals surface area contributed by atoms with Crippen molar-refractivity contribution in [3.8, 4) is 11.1 Å². The largest absolute Gasteiger partial charge is 0.325 e. The van der Waals surface area contributed by atoms with Crippen molar-refractivity contribution in [2.45, 2.75) is 32.7 Å². The second-order valence-corrected chi connectivity index (χ2v) is 5.68. The molecule has 0 fully saturated rings. The molecule has 0 saturated heterocycles. The van der Waals surface area contributed by atoms with E-state index in [1.165, 1.54) is 22.3 Å². The zero-order valence-electron chi connectivity index (χ0n) is 11.4. The van der Waals surface area contributed by atoms with Crippen LogP contribution < -0.4 is 5.73 Å². The van der Waals surface area contributed by atoms with E-state index in [4.69, 9.17) is 5.73 Å². The van der Waals surface area contributed by atoms with Crippen LogP contribution in [-0.4, -0.2) is 5.54 Å². The maximum Gasteiger partial charge on any atom is 0.0138 e. The molecule has 0 heterocycles. The Bertz CT molecular complexity index is 535. The molecule has 2 rings (SSSR count). The summed E-state index contributed by atoms with van der Waals surface area (Å²) < 4.78 is 0. The lowest BCUT2D eigenvalue weighted by molar-refractivity contribution is 0.517. The molecule has 0 unspecified atom stereocenters. The number of hydrogen-bond acceptors (Lipinski definition) is 1. The number of hydrogen-bond donors (Lipinski definition) is 1. The van der Waals surface area contributed by atoms with Gasteiger partial charge in [0.2, 0.25) is 0 Å². The smallest absolute Gasteiger partial charge is 0.0138 e. The Labute approximate surface area is 110 Å². The molecular formula is C17H21N. The number of rotatable bonds is 3. The molecule has 0 aliphatic heterocycles. The Morgan fingerprint density at radius 2 is 1.72 bits per heavy atom. The van der Waals surface area contributed by atoms with Crippen molar-refractivity contribution >= 4 is 0 Å². The third kappa shape index (κ3) is 3.21. The lowest BCUT2D eigenvalue weighted by atomic mass is 9.93. The van der Waals surface area contributed by atoms with Gasteiger partial charge in [0.15, 0.2) is 0 Å². The predicted octanol–water partition coefficient (Wildman–Crippen LogP) is 3.94. The first-order valence-corrected chi connectivity index (χ1v) is 6.39. The summed E-state index contributed by atoms with van der Waals surface area (Å²) in [6.07, 6.45) is 0.896. The van der Waals surface area contributed by atoms with Crippen molar-refractivity contribution in [1.29, 1.82) is 0 Å². The molecule has 18 heavy (non-hydrogen) atoms. The molecule has 0 saturated carbocycles. The Balaban J connectivity index is 2.36. The summed E-state index contributed by atoms with van der Waals surface area (Å²) in [6.45, 7) is 6.27. The summed E-state index contributed by atoms with van der Waals surface area (Å²) in [5.74, 6) is 0. The molecule has 1 heteroatoms. The Morgan fingerprint density at radius 1 is 1.00 bits per heavy atom. The van der Waals surface area contributed by atoms with Crippen LogP contribution in [0.25, 0.3) is 11.1 Å². The fourth-order valence-corrected chi connectivity index (χ4v) is 2.27. The molecule has 0 radical (unpaired) electrons. The van der Waals surface area contributed by atoms with E-state index in [0.717, 1.165) is 6.42 Å². The van der Waals surface area contributed by atoms with Crippen LogP contribution in [0.15, 0.2) is 48.5 Å². The lowest BCUT2D eigenvalue weighted by Gasteiger charge is -2.19. The summed E-state index contributed by atoms with van der Waals surface area (Å²) >= 11 is 0. The van der Waals surface area contributed by atoms with E-state index in [-0.39, 0.29) is 5.54 Å². The number of nitrogens with two attached hydrogens (primary N) is 1. The van der Waals surface area contributed by atoms with Gasteiger partial charge < -0.3 is 5.73 Å². The highest BCUT2D eigenvalue weighted by Gasteiger charge is 2.12. The highest BCUT2D eigenvalue weighted by Crippen LogP contribution is 2.24. The summed E-state index contributed by atoms with van der Waals surface area (Å²) in [5, 5.41) is 0. The third-order valence-electron chi connectivity index (χ3n) is 3.04. The fourth-order valence-electron chi connectivity index (χ4n) is 2.27. The lowest BCUT2D eigenvalue weighted by Crippen LogP contribution is -2.34. The first kappa shape index (κ1) is 12.8. The van der Waals surface area contributed by atoms with E-state index in [9.17, 15) is 0 Å². The number of benzene rings is 2. The van der Waals surface area contributed by atoms with Gasteiger partial charge in [-0.1, -0.05) is 48.5 Å². The second-order valence-electron chi connectivity index (χ2n) is 5.68. The molecule has 94 valence electrons. The van der Waals surface area contributed by atoms with E-state index in [2.05, 4.69) is 69.3 Å². The van der Waals surface area contributed by atoms with Crippen molar-refractivity contribution in [3.63, 3.8) is 0 Å². The highest BCUT2D eigenvalue weighted by atomic mass is 14.7. The van der Waals surface area contributed by atoms with Crippen LogP contribution >= 0.6 is 0 Å². The van der Waals surface area contributed by atoms with Crippen LogP contribution in [-0.2, 0) is 6.42 Å². The van der Waals surface area contributed by atoms with Crippen molar-refractivity contribution < 1.29 is 0 Å². The fraction of sp³-hybridized carbons (Fsp3) is 0.294. The number of aryl methyl sites for hydroxylation is 1. The van der Waals surface area contributed by atoms with Crippen molar-refractivity contribution in [3.05, 3.63) is 59.7 Å². The van der Waals surface area contributed by atoms with Gasteiger partial charge in [-0.25, -0.2) is 0 Å². The molecular weight excluding hydrogens is 218 g/mol. The van der Waals surface area contributed by atoms with E-state index < -0.39 is 0 Å². The monoisotopic (exact) mass is 239 g/mol. The van der Waals surface area contributed by atoms with Gasteiger partial charge in [-0.3, -0.25) is 0 Å². The van der Waals surface area contributed by atoms with E-state index in [1.54, 1.807) is 0 Å². The van der Waals surface area contributed by atoms with Gasteiger partial charge in [0.25, 0.3) is 0 Å². The average Bonchev–Trinajstić information content (AvgIpc) is 2.27. The van der Waals surface area contributed by atoms with Crippen LogP contribution in [0.4, 0.5) is 0 Å². The normalized spacial score (nSPS) is 11.6. The van der Waals surface area contributed by atoms with Gasteiger partial charge in [-0.15, -0.1) is 0 Å². The van der Waals surface area contributed by atoms with Gasteiger partial charge in [0.05, 0.1) is 0 Å². The molecule has 2 aromatic rings. The Kier molecular flexibility index (Phi) is 3.53. The maximum atomic E-state index is 6.09. The van der Waals surface area contributed by atoms with Crippen molar-refractivity contribution in [2.75, 3.05) is 0 Å². The molecule has 0 aromatic heterocycles. The summed E-state index contributed by atoms with van der Waals surface area (Å²) in [6, 6.07) is 17.1. The van der Waals surface area contributed by atoms with Gasteiger partial charge in [-0.05, 0) is 49.4 Å². The summed E-state index contributed by atoms with van der Waals surface area (Å²) in [4.78, 5) is 0. The Morgan fingerprint density at radius 3 is 2.39 bits per heavy atom. The predicted molar refractivity (Wildman–Crippen MR) is 78.6 cm³/mol. The zero-order valence-corrected chi connectivity index (χ0v) is 11.4. The first-order chi connectivity index (χ1) is 8.46. The minimum absolute atomic E-state index is 0.162. The molecule has 0 amide bonds. The van der Waals surface area contributed by atoms with E-state index in [0.29, 0.717) is 0 Å². The third-order valence-corrected chi connectivity index (χ3v) is 3.04. The van der Waals surface area contributed by atoms with Gasteiger partial charge >= 0.3 is 0 Å². The van der Waals surface area contributed by atoms with Crippen LogP contribution in [0.1, 0.15) is 25.0 Å². The molecule has 2 aromatic carbocycles. The minimum Gasteiger partial charge on any atom is -0.325 e. The Hall–Kier alpha value is -1.60. The van der Waals surface area contributed by atoms with Crippen molar-refractivity contribution in [2.24, 2.45) is 5.73 Å². The molecule has 0 spiro atoms. The van der Waals surface area contributed by atoms with Crippen LogP contribution in [0.5, 0.6) is 0 Å². The molecule has 2 N–H and O–H groups in total. The molecule has 0 aliphatic carbocycles. The quantitative estimate of drug-likeness (QED) is 0.862. The average molecular weight is 239 g/mol. The van der Waals surface area contributed by atoms with E-state index in [1.807, 2.05) is 0 Å². The van der Waals surface area contributed by atoms with Gasteiger partial charge in [-0.2, -0.15) is 0 Å². The topological polar surface area (TPSA) is 26.0 Å². The minimum atomic E-state index is -0.162. The van der Waals surface area contributed by atoms with E-state index >= 15 is 0 Å². The standard InChI is InChI=1S/C17H21N/c1-13-7-4-5-10-16(13)15-9-6-8-14(11-15)12-17(2,3)18/h4-11H,12,18H2,1-3H3. The molecule has 0 aliphatic rings. The van der Waals surface area contributed by atoms with Crippen molar-refractivity contribution in [1.82, 2.24) is 0 Å². The zero-order chi connectivity index (χ0) is 13.2.